The molecule has 1 N–H and O–H groups in total. The van der Waals surface area contributed by atoms with E-state index in [1.54, 1.807) is 0 Å². The third kappa shape index (κ3) is 1.70. The van der Waals surface area contributed by atoms with E-state index in [0.29, 0.717) is 37.0 Å². The predicted molar refractivity (Wildman–Crippen MR) is 66.3 cm³/mol. The van der Waals surface area contributed by atoms with Crippen LogP contribution in [-0.4, -0.2) is 22.6 Å². The van der Waals surface area contributed by atoms with Crippen molar-refractivity contribution < 1.29 is 14.6 Å². The Bertz CT molecular complexity index is 476. The van der Waals surface area contributed by atoms with Gasteiger partial charge in [0.15, 0.2) is 5.60 Å². The number of rotatable bonds is 0. The Balaban J connectivity index is 1.96. The molecule has 0 atom stereocenters. The molecule has 1 aromatic carbocycles. The fraction of sp³-hybridized carbons (Fsp3) is 0.462. The third-order valence-corrected chi connectivity index (χ3v) is 4.16. The number of carbonyl (C=O) groups excluding carboxylic acids is 1. The van der Waals surface area contributed by atoms with Crippen molar-refractivity contribution in [3.05, 3.63) is 28.2 Å². The number of hydrogen-bond donors (Lipinski definition) is 1. The fourth-order valence-electron chi connectivity index (χ4n) is 2.67. The summed E-state index contributed by atoms with van der Waals surface area (Å²) >= 11 is 3.37. The van der Waals surface area contributed by atoms with E-state index in [-0.39, 0.29) is 11.9 Å². The van der Waals surface area contributed by atoms with Crippen molar-refractivity contribution >= 4 is 21.7 Å². The van der Waals surface area contributed by atoms with Crippen molar-refractivity contribution in [1.29, 1.82) is 0 Å². The number of halogens is 1. The lowest BCUT2D eigenvalue weighted by atomic mass is 9.80. The average molecular weight is 297 g/mol. The summed E-state index contributed by atoms with van der Waals surface area (Å²) in [6.07, 6.45) is 2.22. The maximum Gasteiger partial charge on any atom is 0.210 e. The zero-order chi connectivity index (χ0) is 12.0. The van der Waals surface area contributed by atoms with E-state index in [1.807, 2.05) is 18.2 Å². The molecule has 1 fully saturated rings. The second kappa shape index (κ2) is 3.82. The number of fused-ring (bicyclic) bond motifs is 1. The molecule has 0 unspecified atom stereocenters. The summed E-state index contributed by atoms with van der Waals surface area (Å²) in [6.45, 7) is 0. The van der Waals surface area contributed by atoms with Gasteiger partial charge in [-0.2, -0.15) is 0 Å². The average Bonchev–Trinajstić information content (AvgIpc) is 2.58. The molecule has 0 saturated heterocycles. The monoisotopic (exact) mass is 296 g/mol. The Kier molecular flexibility index (Phi) is 2.52. The number of hydrogen-bond acceptors (Lipinski definition) is 3. The van der Waals surface area contributed by atoms with Gasteiger partial charge in [0.05, 0.1) is 11.7 Å². The van der Waals surface area contributed by atoms with Gasteiger partial charge in [-0.15, -0.1) is 0 Å². The minimum atomic E-state index is -0.706. The Morgan fingerprint density at radius 1 is 1.35 bits per heavy atom. The molecule has 90 valence electrons. The Morgan fingerprint density at radius 2 is 2.06 bits per heavy atom. The molecule has 3 rings (SSSR count). The van der Waals surface area contributed by atoms with Gasteiger partial charge in [0.25, 0.3) is 0 Å². The quantitative estimate of drug-likeness (QED) is 0.801. The Morgan fingerprint density at radius 3 is 2.76 bits per heavy atom. The lowest BCUT2D eigenvalue weighted by Crippen LogP contribution is -2.44. The minimum Gasteiger partial charge on any atom is -0.478 e. The summed E-state index contributed by atoms with van der Waals surface area (Å²) in [7, 11) is 0. The van der Waals surface area contributed by atoms with Crippen LogP contribution in [0, 0.1) is 0 Å². The maximum absolute atomic E-state index is 12.4. The third-order valence-electron chi connectivity index (χ3n) is 3.67. The van der Waals surface area contributed by atoms with Crippen molar-refractivity contribution in [3.63, 3.8) is 0 Å². The number of aliphatic hydroxyl groups is 1. The molecule has 0 aromatic heterocycles. The zero-order valence-electron chi connectivity index (χ0n) is 9.28. The lowest BCUT2D eigenvalue weighted by molar-refractivity contribution is 0.00924. The number of Topliss-reactive ketones (excluding diaryl/α,β-unsaturated/α-hetero) is 1. The first kappa shape index (κ1) is 11.2. The molecular formula is C13H13BrO3. The molecule has 0 amide bonds. The van der Waals surface area contributed by atoms with Gasteiger partial charge in [0, 0.05) is 4.47 Å². The highest BCUT2D eigenvalue weighted by Crippen LogP contribution is 2.43. The van der Waals surface area contributed by atoms with E-state index in [0.717, 1.165) is 4.47 Å². The standard InChI is InChI=1S/C13H13BrO3/c14-8-1-2-11-10(7-8)12(16)13(17-11)5-3-9(15)4-6-13/h1-2,7,9,15H,3-6H2/t9-,13-. The topological polar surface area (TPSA) is 46.5 Å². The number of aliphatic hydroxyl groups excluding tert-OH is 1. The van der Waals surface area contributed by atoms with Crippen LogP contribution in [0.15, 0.2) is 22.7 Å². The van der Waals surface area contributed by atoms with Gasteiger partial charge in [-0.3, -0.25) is 4.79 Å². The van der Waals surface area contributed by atoms with E-state index < -0.39 is 5.60 Å². The highest BCUT2D eigenvalue weighted by atomic mass is 79.9. The summed E-state index contributed by atoms with van der Waals surface area (Å²) in [5, 5.41) is 9.53. The first-order valence-electron chi connectivity index (χ1n) is 5.82. The number of benzene rings is 1. The van der Waals surface area contributed by atoms with E-state index in [1.165, 1.54) is 0 Å². The van der Waals surface area contributed by atoms with Crippen molar-refractivity contribution in [2.75, 3.05) is 0 Å². The van der Waals surface area contributed by atoms with Crippen LogP contribution in [-0.2, 0) is 0 Å². The van der Waals surface area contributed by atoms with Crippen LogP contribution in [0.3, 0.4) is 0 Å². The van der Waals surface area contributed by atoms with Gasteiger partial charge < -0.3 is 9.84 Å². The zero-order valence-corrected chi connectivity index (χ0v) is 10.9. The van der Waals surface area contributed by atoms with Gasteiger partial charge in [-0.25, -0.2) is 0 Å². The van der Waals surface area contributed by atoms with Crippen LogP contribution in [0.5, 0.6) is 5.75 Å². The SMILES string of the molecule is O=C1c2cc(Br)ccc2O[C@]12CC[C@H](O)CC2. The van der Waals surface area contributed by atoms with Crippen molar-refractivity contribution in [2.24, 2.45) is 0 Å². The van der Waals surface area contributed by atoms with E-state index >= 15 is 0 Å². The molecule has 17 heavy (non-hydrogen) atoms. The molecule has 2 aliphatic rings. The minimum absolute atomic E-state index is 0.0701. The summed E-state index contributed by atoms with van der Waals surface area (Å²) in [6, 6.07) is 5.53. The van der Waals surface area contributed by atoms with E-state index in [9.17, 15) is 9.90 Å². The number of carbonyl (C=O) groups is 1. The highest BCUT2D eigenvalue weighted by molar-refractivity contribution is 9.10. The molecular weight excluding hydrogens is 284 g/mol. The molecule has 3 nitrogen and oxygen atoms in total. The Labute approximate surface area is 108 Å². The Hall–Kier alpha value is -0.870. The first-order chi connectivity index (χ1) is 8.11. The summed E-state index contributed by atoms with van der Waals surface area (Å²) < 4.78 is 6.76. The second-order valence-corrected chi connectivity index (χ2v) is 5.71. The normalized spacial score (nSPS) is 31.4. The van der Waals surface area contributed by atoms with Crippen LogP contribution in [0.25, 0.3) is 0 Å². The molecule has 1 heterocycles. The maximum atomic E-state index is 12.4. The fourth-order valence-corrected chi connectivity index (χ4v) is 3.03. The van der Waals surface area contributed by atoms with Crippen molar-refractivity contribution in [2.45, 2.75) is 37.4 Å². The predicted octanol–water partition coefficient (Wildman–Crippen LogP) is 2.70. The second-order valence-electron chi connectivity index (χ2n) is 4.80. The molecule has 1 aliphatic heterocycles. The van der Waals surface area contributed by atoms with Crippen LogP contribution in [0.2, 0.25) is 0 Å². The first-order valence-corrected chi connectivity index (χ1v) is 6.61. The molecule has 1 saturated carbocycles. The number of ketones is 1. The van der Waals surface area contributed by atoms with Crippen LogP contribution in [0.1, 0.15) is 36.0 Å². The molecule has 1 aliphatic carbocycles. The van der Waals surface area contributed by atoms with Crippen molar-refractivity contribution in [1.82, 2.24) is 0 Å². The summed E-state index contributed by atoms with van der Waals surface area (Å²) in [5.41, 5.74) is -0.0433. The van der Waals surface area contributed by atoms with E-state index in [4.69, 9.17) is 4.74 Å². The van der Waals surface area contributed by atoms with Gasteiger partial charge in [0.2, 0.25) is 5.78 Å². The molecule has 1 aromatic rings. The van der Waals surface area contributed by atoms with Gasteiger partial charge in [-0.1, -0.05) is 15.9 Å². The summed E-state index contributed by atoms with van der Waals surface area (Å²) in [4.78, 5) is 12.4. The molecule has 4 heteroatoms. The van der Waals surface area contributed by atoms with Crippen LogP contribution in [0.4, 0.5) is 0 Å². The highest BCUT2D eigenvalue weighted by Gasteiger charge is 2.49. The summed E-state index contributed by atoms with van der Waals surface area (Å²) in [5.74, 6) is 0.746. The largest absolute Gasteiger partial charge is 0.478 e. The van der Waals surface area contributed by atoms with Crippen LogP contribution >= 0.6 is 15.9 Å². The number of ether oxygens (including phenoxy) is 1. The van der Waals surface area contributed by atoms with Gasteiger partial charge in [-0.05, 0) is 43.9 Å². The van der Waals surface area contributed by atoms with E-state index in [2.05, 4.69) is 15.9 Å². The van der Waals surface area contributed by atoms with Gasteiger partial charge >= 0.3 is 0 Å². The molecule has 0 bridgehead atoms. The lowest BCUT2D eigenvalue weighted by Gasteiger charge is -2.33. The molecule has 0 radical (unpaired) electrons. The van der Waals surface area contributed by atoms with Crippen molar-refractivity contribution in [3.8, 4) is 5.75 Å². The molecule has 1 spiro atoms. The van der Waals surface area contributed by atoms with Gasteiger partial charge in [0.1, 0.15) is 5.75 Å². The van der Waals surface area contributed by atoms with Crippen LogP contribution < -0.4 is 4.74 Å². The smallest absolute Gasteiger partial charge is 0.210 e.